The number of aromatic amines is 1. The molecule has 18 heavy (non-hydrogen) atoms. The number of fused-ring (bicyclic) bond motifs is 1. The van der Waals surface area contributed by atoms with Gasteiger partial charge in [0.05, 0.1) is 11.9 Å². The van der Waals surface area contributed by atoms with Gasteiger partial charge in [-0.15, -0.1) is 0 Å². The van der Waals surface area contributed by atoms with Gasteiger partial charge in [-0.25, -0.2) is 0 Å². The molecule has 0 atom stereocenters. The molecular weight excluding hydrogens is 226 g/mol. The highest BCUT2D eigenvalue weighted by molar-refractivity contribution is 6.06. The smallest absolute Gasteiger partial charge is 0.255 e. The molecule has 0 aliphatic heterocycles. The third kappa shape index (κ3) is 1.96. The maximum Gasteiger partial charge on any atom is 0.255 e. The summed E-state index contributed by atoms with van der Waals surface area (Å²) in [5.74, 6) is -0.137. The van der Waals surface area contributed by atoms with Gasteiger partial charge in [-0.1, -0.05) is 30.3 Å². The van der Waals surface area contributed by atoms with Crippen LogP contribution in [0.1, 0.15) is 10.4 Å². The van der Waals surface area contributed by atoms with Gasteiger partial charge in [0, 0.05) is 11.8 Å². The molecule has 2 N–H and O–H groups in total. The number of carbonyl (C=O) groups is 1. The highest BCUT2D eigenvalue weighted by Crippen LogP contribution is 2.16. The number of amides is 1. The number of anilines is 1. The van der Waals surface area contributed by atoms with Gasteiger partial charge in [-0.2, -0.15) is 5.10 Å². The first kappa shape index (κ1) is 10.5. The van der Waals surface area contributed by atoms with Crippen molar-refractivity contribution in [2.45, 2.75) is 0 Å². The van der Waals surface area contributed by atoms with Gasteiger partial charge in [-0.3, -0.25) is 9.89 Å². The van der Waals surface area contributed by atoms with Gasteiger partial charge in [0.15, 0.2) is 0 Å². The van der Waals surface area contributed by atoms with Crippen molar-refractivity contribution in [2.24, 2.45) is 0 Å². The lowest BCUT2D eigenvalue weighted by Crippen LogP contribution is -2.11. The summed E-state index contributed by atoms with van der Waals surface area (Å²) in [6.45, 7) is 0. The Labute approximate surface area is 104 Å². The van der Waals surface area contributed by atoms with Crippen molar-refractivity contribution in [2.75, 3.05) is 5.32 Å². The summed E-state index contributed by atoms with van der Waals surface area (Å²) in [5, 5.41) is 11.4. The Kier molecular flexibility index (Phi) is 2.53. The van der Waals surface area contributed by atoms with E-state index in [4.69, 9.17) is 0 Å². The molecule has 0 aliphatic rings. The van der Waals surface area contributed by atoms with E-state index in [1.54, 1.807) is 12.4 Å². The van der Waals surface area contributed by atoms with Crippen LogP contribution in [0.15, 0.2) is 54.9 Å². The van der Waals surface area contributed by atoms with Crippen LogP contribution in [0.4, 0.5) is 5.69 Å². The van der Waals surface area contributed by atoms with E-state index in [0.717, 1.165) is 10.8 Å². The van der Waals surface area contributed by atoms with Crippen LogP contribution in [-0.4, -0.2) is 16.1 Å². The maximum absolute atomic E-state index is 12.0. The van der Waals surface area contributed by atoms with Crippen molar-refractivity contribution < 1.29 is 4.79 Å². The minimum Gasteiger partial charge on any atom is -0.319 e. The summed E-state index contributed by atoms with van der Waals surface area (Å²) >= 11 is 0. The van der Waals surface area contributed by atoms with Crippen molar-refractivity contribution in [3.05, 3.63) is 60.4 Å². The lowest BCUT2D eigenvalue weighted by atomic mass is 10.1. The van der Waals surface area contributed by atoms with Crippen molar-refractivity contribution >= 4 is 22.4 Å². The largest absolute Gasteiger partial charge is 0.319 e. The Morgan fingerprint density at radius 1 is 1.11 bits per heavy atom. The molecule has 1 amide bonds. The van der Waals surface area contributed by atoms with Crippen molar-refractivity contribution in [1.82, 2.24) is 10.2 Å². The Morgan fingerprint density at radius 2 is 1.94 bits per heavy atom. The predicted molar refractivity (Wildman–Crippen MR) is 70.5 cm³/mol. The molecule has 1 aromatic heterocycles. The van der Waals surface area contributed by atoms with Gasteiger partial charge >= 0.3 is 0 Å². The lowest BCUT2D eigenvalue weighted by Gasteiger charge is -2.04. The Bertz CT molecular complexity index is 689. The Morgan fingerprint density at radius 3 is 2.72 bits per heavy atom. The molecule has 0 bridgehead atoms. The SMILES string of the molecule is O=C(Nc1cn[nH]c1)c1ccc2ccccc2c1. The van der Waals surface area contributed by atoms with Crippen LogP contribution in [0.3, 0.4) is 0 Å². The number of rotatable bonds is 2. The quantitative estimate of drug-likeness (QED) is 0.720. The molecule has 2 aromatic carbocycles. The Balaban J connectivity index is 1.92. The maximum atomic E-state index is 12.0. The topological polar surface area (TPSA) is 57.8 Å². The highest BCUT2D eigenvalue weighted by atomic mass is 16.1. The molecule has 0 aliphatic carbocycles. The van der Waals surface area contributed by atoms with Gasteiger partial charge in [0.2, 0.25) is 0 Å². The second-order valence-corrected chi connectivity index (χ2v) is 4.00. The number of nitrogens with one attached hydrogen (secondary N) is 2. The fourth-order valence-corrected chi connectivity index (χ4v) is 1.85. The number of H-pyrrole nitrogens is 1. The fraction of sp³-hybridized carbons (Fsp3) is 0. The van der Waals surface area contributed by atoms with Crippen LogP contribution >= 0.6 is 0 Å². The van der Waals surface area contributed by atoms with Gasteiger partial charge in [0.1, 0.15) is 0 Å². The number of hydrogen-bond donors (Lipinski definition) is 2. The van der Waals surface area contributed by atoms with Crippen molar-refractivity contribution in [1.29, 1.82) is 0 Å². The van der Waals surface area contributed by atoms with Gasteiger partial charge in [0.25, 0.3) is 5.91 Å². The molecule has 3 aromatic rings. The molecule has 3 rings (SSSR count). The Hall–Kier alpha value is -2.62. The first-order chi connectivity index (χ1) is 8.83. The molecule has 0 spiro atoms. The van der Waals surface area contributed by atoms with E-state index >= 15 is 0 Å². The molecule has 0 saturated heterocycles. The van der Waals surface area contributed by atoms with Crippen LogP contribution in [0, 0.1) is 0 Å². The third-order valence-corrected chi connectivity index (χ3v) is 2.77. The average molecular weight is 237 g/mol. The van der Waals surface area contributed by atoms with E-state index in [0.29, 0.717) is 11.3 Å². The first-order valence-electron chi connectivity index (χ1n) is 5.62. The van der Waals surface area contributed by atoms with E-state index in [2.05, 4.69) is 15.5 Å². The predicted octanol–water partition coefficient (Wildman–Crippen LogP) is 2.82. The standard InChI is InChI=1S/C14H11N3O/c18-14(17-13-8-15-16-9-13)12-6-5-10-3-1-2-4-11(10)7-12/h1-9H,(H,15,16)(H,17,18). The summed E-state index contributed by atoms with van der Waals surface area (Å²) in [4.78, 5) is 12.0. The highest BCUT2D eigenvalue weighted by Gasteiger charge is 2.07. The summed E-state index contributed by atoms with van der Waals surface area (Å²) in [5.41, 5.74) is 1.29. The number of nitrogens with zero attached hydrogens (tertiary/aromatic N) is 1. The monoisotopic (exact) mass is 237 g/mol. The molecule has 1 heterocycles. The summed E-state index contributed by atoms with van der Waals surface area (Å²) < 4.78 is 0. The van der Waals surface area contributed by atoms with Crippen LogP contribution in [0.25, 0.3) is 10.8 Å². The molecule has 88 valence electrons. The second-order valence-electron chi connectivity index (χ2n) is 4.00. The number of carbonyl (C=O) groups excluding carboxylic acids is 1. The van der Waals surface area contributed by atoms with E-state index in [-0.39, 0.29) is 5.91 Å². The normalized spacial score (nSPS) is 10.4. The summed E-state index contributed by atoms with van der Waals surface area (Å²) in [6.07, 6.45) is 3.21. The van der Waals surface area contributed by atoms with Gasteiger partial charge < -0.3 is 5.32 Å². The first-order valence-corrected chi connectivity index (χ1v) is 5.62. The third-order valence-electron chi connectivity index (χ3n) is 2.77. The lowest BCUT2D eigenvalue weighted by molar-refractivity contribution is 0.102. The minimum atomic E-state index is -0.137. The number of aromatic nitrogens is 2. The summed E-state index contributed by atoms with van der Waals surface area (Å²) in [6, 6.07) is 13.6. The summed E-state index contributed by atoms with van der Waals surface area (Å²) in [7, 11) is 0. The molecular formula is C14H11N3O. The zero-order valence-electron chi connectivity index (χ0n) is 9.55. The van der Waals surface area contributed by atoms with Crippen LogP contribution in [-0.2, 0) is 0 Å². The van der Waals surface area contributed by atoms with Crippen LogP contribution in [0.5, 0.6) is 0 Å². The average Bonchev–Trinajstić information content (AvgIpc) is 2.91. The molecule has 0 saturated carbocycles. The van der Waals surface area contributed by atoms with Gasteiger partial charge in [-0.05, 0) is 22.9 Å². The fourth-order valence-electron chi connectivity index (χ4n) is 1.85. The van der Waals surface area contributed by atoms with E-state index in [1.807, 2.05) is 42.5 Å². The van der Waals surface area contributed by atoms with Crippen LogP contribution in [0.2, 0.25) is 0 Å². The zero-order valence-corrected chi connectivity index (χ0v) is 9.55. The molecule has 0 fully saturated rings. The second kappa shape index (κ2) is 4.33. The molecule has 0 unspecified atom stereocenters. The zero-order chi connectivity index (χ0) is 12.4. The minimum absolute atomic E-state index is 0.137. The molecule has 0 radical (unpaired) electrons. The van der Waals surface area contributed by atoms with Crippen molar-refractivity contribution in [3.63, 3.8) is 0 Å². The van der Waals surface area contributed by atoms with Crippen LogP contribution < -0.4 is 5.32 Å². The van der Waals surface area contributed by atoms with E-state index in [1.165, 1.54) is 0 Å². The van der Waals surface area contributed by atoms with E-state index in [9.17, 15) is 4.79 Å². The molecule has 4 nitrogen and oxygen atoms in total. The van der Waals surface area contributed by atoms with E-state index < -0.39 is 0 Å². The number of benzene rings is 2. The van der Waals surface area contributed by atoms with Crippen molar-refractivity contribution in [3.8, 4) is 0 Å². The molecule has 4 heteroatoms. The number of hydrogen-bond acceptors (Lipinski definition) is 2.